The van der Waals surface area contributed by atoms with E-state index in [-0.39, 0.29) is 12.0 Å². The summed E-state index contributed by atoms with van der Waals surface area (Å²) in [4.78, 5) is 15.9. The molecular formula is C12H19N3O2. The molecule has 0 bridgehead atoms. The van der Waals surface area contributed by atoms with Crippen LogP contribution in [0.5, 0.6) is 0 Å². The number of hydrogen-bond acceptors (Lipinski definition) is 3. The topological polar surface area (TPSA) is 56.2 Å². The highest BCUT2D eigenvalue weighted by molar-refractivity contribution is 5.75. The Morgan fingerprint density at radius 2 is 2.47 bits per heavy atom. The minimum absolute atomic E-state index is 0.0148. The average Bonchev–Trinajstić information content (AvgIpc) is 2.92. The predicted octanol–water partition coefficient (Wildman–Crippen LogP) is 0.795. The Labute approximate surface area is 101 Å². The van der Waals surface area contributed by atoms with Crippen molar-refractivity contribution in [1.82, 2.24) is 14.9 Å². The minimum Gasteiger partial charge on any atom is -0.376 e. The highest BCUT2D eigenvalue weighted by Crippen LogP contribution is 2.10. The number of carbonyl (C=O) groups excluding carboxylic acids is 1. The van der Waals surface area contributed by atoms with Crippen LogP contribution < -0.4 is 5.32 Å². The Balaban J connectivity index is 1.78. The van der Waals surface area contributed by atoms with Gasteiger partial charge < -0.3 is 14.6 Å². The zero-order valence-electron chi connectivity index (χ0n) is 10.4. The van der Waals surface area contributed by atoms with E-state index in [0.29, 0.717) is 13.1 Å². The van der Waals surface area contributed by atoms with Crippen molar-refractivity contribution < 1.29 is 9.53 Å². The quantitative estimate of drug-likeness (QED) is 0.842. The fourth-order valence-electron chi connectivity index (χ4n) is 1.95. The van der Waals surface area contributed by atoms with Crippen LogP contribution in [0.4, 0.5) is 0 Å². The number of rotatable bonds is 4. The summed E-state index contributed by atoms with van der Waals surface area (Å²) in [6, 6.07) is 0. The lowest BCUT2D eigenvalue weighted by atomic mass is 10.2. The van der Waals surface area contributed by atoms with Crippen LogP contribution in [-0.4, -0.2) is 34.7 Å². The number of carbonyl (C=O) groups is 1. The van der Waals surface area contributed by atoms with E-state index in [0.717, 1.165) is 30.8 Å². The Morgan fingerprint density at radius 3 is 3.06 bits per heavy atom. The maximum atomic E-state index is 11.7. The largest absolute Gasteiger partial charge is 0.376 e. The number of ether oxygens (including phenoxy) is 1. The minimum atomic E-state index is 0.0148. The van der Waals surface area contributed by atoms with Gasteiger partial charge in [0.1, 0.15) is 6.54 Å². The van der Waals surface area contributed by atoms with Crippen LogP contribution in [0.25, 0.3) is 0 Å². The van der Waals surface area contributed by atoms with Crippen LogP contribution in [0.1, 0.15) is 24.2 Å². The van der Waals surface area contributed by atoms with E-state index in [9.17, 15) is 4.79 Å². The fourth-order valence-corrected chi connectivity index (χ4v) is 1.95. The van der Waals surface area contributed by atoms with Gasteiger partial charge in [0, 0.05) is 18.8 Å². The highest BCUT2D eigenvalue weighted by Gasteiger charge is 2.16. The monoisotopic (exact) mass is 237 g/mol. The first-order valence-corrected chi connectivity index (χ1v) is 6.03. The smallest absolute Gasteiger partial charge is 0.240 e. The van der Waals surface area contributed by atoms with Crippen molar-refractivity contribution in [2.24, 2.45) is 0 Å². The number of aromatic nitrogens is 2. The molecule has 1 atom stereocenters. The molecule has 0 aliphatic carbocycles. The lowest BCUT2D eigenvalue weighted by molar-refractivity contribution is -0.122. The van der Waals surface area contributed by atoms with E-state index in [1.54, 1.807) is 6.33 Å². The van der Waals surface area contributed by atoms with Crippen molar-refractivity contribution in [2.75, 3.05) is 13.2 Å². The van der Waals surface area contributed by atoms with E-state index >= 15 is 0 Å². The molecule has 17 heavy (non-hydrogen) atoms. The number of hydrogen-bond donors (Lipinski definition) is 1. The first-order chi connectivity index (χ1) is 8.16. The van der Waals surface area contributed by atoms with Crippen LogP contribution in [0.15, 0.2) is 6.33 Å². The van der Waals surface area contributed by atoms with Crippen molar-refractivity contribution in [3.05, 3.63) is 17.7 Å². The number of aryl methyl sites for hydroxylation is 1. The van der Waals surface area contributed by atoms with E-state index in [2.05, 4.69) is 10.3 Å². The molecule has 2 rings (SSSR count). The van der Waals surface area contributed by atoms with Crippen molar-refractivity contribution in [3.63, 3.8) is 0 Å². The summed E-state index contributed by atoms with van der Waals surface area (Å²) in [6.45, 7) is 5.68. The van der Waals surface area contributed by atoms with Gasteiger partial charge in [-0.05, 0) is 26.7 Å². The second-order valence-electron chi connectivity index (χ2n) is 4.48. The molecule has 1 saturated heterocycles. The van der Waals surface area contributed by atoms with Gasteiger partial charge in [0.05, 0.1) is 18.1 Å². The van der Waals surface area contributed by atoms with Crippen LogP contribution >= 0.6 is 0 Å². The predicted molar refractivity (Wildman–Crippen MR) is 63.7 cm³/mol. The van der Waals surface area contributed by atoms with Gasteiger partial charge >= 0.3 is 0 Å². The number of amides is 1. The van der Waals surface area contributed by atoms with E-state index < -0.39 is 0 Å². The summed E-state index contributed by atoms with van der Waals surface area (Å²) in [5.74, 6) is 0.0148. The molecule has 2 heterocycles. The first-order valence-electron chi connectivity index (χ1n) is 6.03. The summed E-state index contributed by atoms with van der Waals surface area (Å²) in [5.41, 5.74) is 2.01. The summed E-state index contributed by atoms with van der Waals surface area (Å²) < 4.78 is 7.31. The van der Waals surface area contributed by atoms with Gasteiger partial charge in [-0.15, -0.1) is 0 Å². The zero-order valence-corrected chi connectivity index (χ0v) is 10.4. The molecule has 1 N–H and O–H groups in total. The molecule has 1 aliphatic heterocycles. The second kappa shape index (κ2) is 5.31. The maximum absolute atomic E-state index is 11.7. The fraction of sp³-hybridized carbons (Fsp3) is 0.667. The van der Waals surface area contributed by atoms with Crippen LogP contribution in [0, 0.1) is 13.8 Å². The molecule has 0 aromatic carbocycles. The Kier molecular flexibility index (Phi) is 3.78. The third kappa shape index (κ3) is 3.06. The number of imidazole rings is 1. The summed E-state index contributed by atoms with van der Waals surface area (Å²) in [5, 5.41) is 2.90. The standard InChI is InChI=1S/C12H19N3O2/c1-9-10(2)15(8-14-9)7-12(16)13-6-11-4-3-5-17-11/h8,11H,3-7H2,1-2H3,(H,13,16)/t11-/m1/s1. The van der Waals surface area contributed by atoms with Crippen molar-refractivity contribution in [1.29, 1.82) is 0 Å². The Hall–Kier alpha value is -1.36. The van der Waals surface area contributed by atoms with Gasteiger partial charge in [-0.3, -0.25) is 4.79 Å². The molecule has 0 spiro atoms. The third-order valence-electron chi connectivity index (χ3n) is 3.21. The van der Waals surface area contributed by atoms with Gasteiger partial charge in [0.15, 0.2) is 0 Å². The molecule has 94 valence electrons. The normalized spacial score (nSPS) is 19.5. The molecule has 1 aromatic heterocycles. The summed E-state index contributed by atoms with van der Waals surface area (Å²) in [6.07, 6.45) is 4.05. The maximum Gasteiger partial charge on any atom is 0.240 e. The SMILES string of the molecule is Cc1ncn(CC(=O)NC[C@H]2CCCO2)c1C. The van der Waals surface area contributed by atoms with Crippen LogP contribution in [0.3, 0.4) is 0 Å². The Morgan fingerprint density at radius 1 is 1.65 bits per heavy atom. The van der Waals surface area contributed by atoms with Gasteiger partial charge in [0.2, 0.25) is 5.91 Å². The van der Waals surface area contributed by atoms with Gasteiger partial charge in [-0.2, -0.15) is 0 Å². The molecule has 1 aromatic rings. The molecule has 1 aliphatic rings. The van der Waals surface area contributed by atoms with Gasteiger partial charge in [-0.1, -0.05) is 0 Å². The zero-order chi connectivity index (χ0) is 12.3. The molecule has 0 radical (unpaired) electrons. The number of nitrogens with zero attached hydrogens (tertiary/aromatic N) is 2. The first kappa shape index (κ1) is 12.1. The highest BCUT2D eigenvalue weighted by atomic mass is 16.5. The molecule has 0 unspecified atom stereocenters. The van der Waals surface area contributed by atoms with Crippen LogP contribution in [-0.2, 0) is 16.1 Å². The van der Waals surface area contributed by atoms with Crippen LogP contribution in [0.2, 0.25) is 0 Å². The number of nitrogens with one attached hydrogen (secondary N) is 1. The van der Waals surface area contributed by atoms with Gasteiger partial charge in [0.25, 0.3) is 0 Å². The molecule has 1 fully saturated rings. The second-order valence-corrected chi connectivity index (χ2v) is 4.48. The average molecular weight is 237 g/mol. The summed E-state index contributed by atoms with van der Waals surface area (Å²) >= 11 is 0. The van der Waals surface area contributed by atoms with E-state index in [1.807, 2.05) is 18.4 Å². The molecule has 0 saturated carbocycles. The molecule has 5 heteroatoms. The summed E-state index contributed by atoms with van der Waals surface area (Å²) in [7, 11) is 0. The van der Waals surface area contributed by atoms with E-state index in [4.69, 9.17) is 4.74 Å². The molecule has 5 nitrogen and oxygen atoms in total. The lowest BCUT2D eigenvalue weighted by Crippen LogP contribution is -2.34. The third-order valence-corrected chi connectivity index (χ3v) is 3.21. The van der Waals surface area contributed by atoms with Gasteiger partial charge in [-0.25, -0.2) is 4.98 Å². The Bertz CT molecular complexity index is 394. The van der Waals surface area contributed by atoms with Crippen molar-refractivity contribution in [3.8, 4) is 0 Å². The molecular weight excluding hydrogens is 218 g/mol. The molecule has 1 amide bonds. The lowest BCUT2D eigenvalue weighted by Gasteiger charge is -2.11. The van der Waals surface area contributed by atoms with Crippen molar-refractivity contribution in [2.45, 2.75) is 39.3 Å². The van der Waals surface area contributed by atoms with E-state index in [1.165, 1.54) is 0 Å². The van der Waals surface area contributed by atoms with Crippen molar-refractivity contribution >= 4 is 5.91 Å².